The Morgan fingerprint density at radius 1 is 1.10 bits per heavy atom. The second-order valence-electron chi connectivity index (χ2n) is 7.80. The Kier molecular flexibility index (Phi) is 7.01. The first-order valence-corrected chi connectivity index (χ1v) is 9.55. The van der Waals surface area contributed by atoms with Crippen molar-refractivity contribution in [3.8, 4) is 0 Å². The highest BCUT2D eigenvalue weighted by molar-refractivity contribution is 4.92. The summed E-state index contributed by atoms with van der Waals surface area (Å²) >= 11 is 0. The molecule has 0 heterocycles. The Morgan fingerprint density at radius 2 is 1.81 bits per heavy atom. The molecule has 2 aliphatic rings. The van der Waals surface area contributed by atoms with Crippen molar-refractivity contribution >= 4 is 0 Å². The first-order valence-electron chi connectivity index (χ1n) is 9.55. The van der Waals surface area contributed by atoms with E-state index in [-0.39, 0.29) is 5.60 Å². The van der Waals surface area contributed by atoms with Crippen molar-refractivity contribution in [2.75, 3.05) is 6.54 Å². The molecule has 0 spiro atoms. The molecule has 2 rings (SSSR count). The molecule has 2 aliphatic carbocycles. The van der Waals surface area contributed by atoms with Gasteiger partial charge in [-0.2, -0.15) is 0 Å². The van der Waals surface area contributed by atoms with Crippen LogP contribution in [0.15, 0.2) is 0 Å². The lowest BCUT2D eigenvalue weighted by Crippen LogP contribution is -2.48. The molecule has 0 saturated heterocycles. The summed E-state index contributed by atoms with van der Waals surface area (Å²) in [5, 5.41) is 3.74. The van der Waals surface area contributed by atoms with Gasteiger partial charge in [0.25, 0.3) is 0 Å². The molecule has 0 radical (unpaired) electrons. The van der Waals surface area contributed by atoms with Crippen LogP contribution in [0.25, 0.3) is 0 Å². The minimum atomic E-state index is 0.138. The van der Waals surface area contributed by atoms with Crippen LogP contribution in [0.1, 0.15) is 91.4 Å². The van der Waals surface area contributed by atoms with Gasteiger partial charge in [0, 0.05) is 12.6 Å². The maximum Gasteiger partial charge on any atom is 0.0810 e. The van der Waals surface area contributed by atoms with Crippen molar-refractivity contribution in [1.29, 1.82) is 0 Å². The van der Waals surface area contributed by atoms with Crippen LogP contribution in [0.4, 0.5) is 0 Å². The molecule has 2 heteroatoms. The summed E-state index contributed by atoms with van der Waals surface area (Å²) < 4.78 is 6.62. The smallest absolute Gasteiger partial charge is 0.0810 e. The fourth-order valence-electron chi connectivity index (χ4n) is 3.59. The van der Waals surface area contributed by atoms with E-state index >= 15 is 0 Å². The van der Waals surface area contributed by atoms with Crippen LogP contribution in [0.2, 0.25) is 0 Å². The molecule has 0 bridgehead atoms. The van der Waals surface area contributed by atoms with Gasteiger partial charge >= 0.3 is 0 Å². The highest BCUT2D eigenvalue weighted by Crippen LogP contribution is 2.36. The standard InChI is InChI=1S/C19H37NO/c1-4-5-6-7-8-17(3)21-19(15-20-18-9-10-18)13-11-16(2)12-14-19/h16-18,20H,4-15H2,1-3H3. The zero-order valence-electron chi connectivity index (χ0n) is 14.6. The van der Waals surface area contributed by atoms with Gasteiger partial charge in [0.2, 0.25) is 0 Å². The van der Waals surface area contributed by atoms with Gasteiger partial charge in [-0.05, 0) is 57.8 Å². The second kappa shape index (κ2) is 8.53. The molecule has 0 aliphatic heterocycles. The van der Waals surface area contributed by atoms with Gasteiger partial charge < -0.3 is 10.1 Å². The molecule has 2 nitrogen and oxygen atoms in total. The Hall–Kier alpha value is -0.0800. The molecule has 0 aromatic carbocycles. The molecule has 1 N–H and O–H groups in total. The molecule has 21 heavy (non-hydrogen) atoms. The van der Waals surface area contributed by atoms with E-state index in [1.165, 1.54) is 70.6 Å². The maximum atomic E-state index is 6.62. The molecular formula is C19H37NO. The van der Waals surface area contributed by atoms with Crippen LogP contribution in [0.3, 0.4) is 0 Å². The fraction of sp³-hybridized carbons (Fsp3) is 1.00. The predicted molar refractivity (Wildman–Crippen MR) is 90.7 cm³/mol. The average molecular weight is 296 g/mol. The average Bonchev–Trinajstić information content (AvgIpc) is 3.29. The van der Waals surface area contributed by atoms with E-state index in [0.29, 0.717) is 6.10 Å². The van der Waals surface area contributed by atoms with Crippen molar-refractivity contribution < 1.29 is 4.74 Å². The number of hydrogen-bond donors (Lipinski definition) is 1. The number of hydrogen-bond acceptors (Lipinski definition) is 2. The summed E-state index contributed by atoms with van der Waals surface area (Å²) in [6, 6.07) is 0.796. The normalized spacial score (nSPS) is 31.3. The van der Waals surface area contributed by atoms with Crippen LogP contribution in [0.5, 0.6) is 0 Å². The van der Waals surface area contributed by atoms with E-state index in [1.54, 1.807) is 0 Å². The van der Waals surface area contributed by atoms with Gasteiger partial charge in [-0.15, -0.1) is 0 Å². The third-order valence-electron chi connectivity index (χ3n) is 5.39. The number of ether oxygens (including phenoxy) is 1. The minimum absolute atomic E-state index is 0.138. The van der Waals surface area contributed by atoms with E-state index in [4.69, 9.17) is 4.74 Å². The lowest BCUT2D eigenvalue weighted by molar-refractivity contribution is -0.113. The molecule has 2 saturated carbocycles. The second-order valence-corrected chi connectivity index (χ2v) is 7.80. The van der Waals surface area contributed by atoms with Gasteiger partial charge in [0.1, 0.15) is 0 Å². The summed E-state index contributed by atoms with van der Waals surface area (Å²) in [5.41, 5.74) is 0.138. The molecule has 0 amide bonds. The number of unbranched alkanes of at least 4 members (excludes halogenated alkanes) is 3. The molecule has 0 aromatic heterocycles. The first kappa shape index (κ1) is 17.3. The molecule has 2 fully saturated rings. The number of rotatable bonds is 10. The fourth-order valence-corrected chi connectivity index (χ4v) is 3.59. The maximum absolute atomic E-state index is 6.62. The SMILES string of the molecule is CCCCCCC(C)OC1(CNC2CC2)CCC(C)CC1. The third kappa shape index (κ3) is 6.28. The Morgan fingerprint density at radius 3 is 2.43 bits per heavy atom. The van der Waals surface area contributed by atoms with Crippen molar-refractivity contribution in [3.63, 3.8) is 0 Å². The summed E-state index contributed by atoms with van der Waals surface area (Å²) in [5.74, 6) is 0.891. The highest BCUT2D eigenvalue weighted by atomic mass is 16.5. The lowest BCUT2D eigenvalue weighted by Gasteiger charge is -2.41. The summed E-state index contributed by atoms with van der Waals surface area (Å²) in [7, 11) is 0. The van der Waals surface area contributed by atoms with Gasteiger partial charge in [-0.25, -0.2) is 0 Å². The Balaban J connectivity index is 1.76. The van der Waals surface area contributed by atoms with Crippen molar-refractivity contribution in [2.24, 2.45) is 5.92 Å². The molecule has 0 aromatic rings. The van der Waals surface area contributed by atoms with Crippen molar-refractivity contribution in [1.82, 2.24) is 5.32 Å². The predicted octanol–water partition coefficient (Wildman–Crippen LogP) is 5.06. The highest BCUT2D eigenvalue weighted by Gasteiger charge is 2.37. The minimum Gasteiger partial charge on any atom is -0.371 e. The van der Waals surface area contributed by atoms with E-state index < -0.39 is 0 Å². The first-order chi connectivity index (χ1) is 10.1. The monoisotopic (exact) mass is 295 g/mol. The lowest BCUT2D eigenvalue weighted by atomic mass is 9.79. The Bertz CT molecular complexity index is 279. The van der Waals surface area contributed by atoms with Crippen LogP contribution in [0, 0.1) is 5.92 Å². The summed E-state index contributed by atoms with van der Waals surface area (Å²) in [6.07, 6.45) is 15.0. The van der Waals surface area contributed by atoms with E-state index in [9.17, 15) is 0 Å². The van der Waals surface area contributed by atoms with E-state index in [1.807, 2.05) is 0 Å². The molecule has 1 unspecified atom stereocenters. The van der Waals surface area contributed by atoms with Gasteiger partial charge in [-0.3, -0.25) is 0 Å². The van der Waals surface area contributed by atoms with Crippen LogP contribution >= 0.6 is 0 Å². The van der Waals surface area contributed by atoms with Gasteiger partial charge in [0.05, 0.1) is 11.7 Å². The van der Waals surface area contributed by atoms with Crippen LogP contribution in [-0.4, -0.2) is 24.3 Å². The van der Waals surface area contributed by atoms with Gasteiger partial charge in [0.15, 0.2) is 0 Å². The zero-order valence-corrected chi connectivity index (χ0v) is 14.6. The van der Waals surface area contributed by atoms with Crippen molar-refractivity contribution in [3.05, 3.63) is 0 Å². The van der Waals surface area contributed by atoms with Crippen LogP contribution in [-0.2, 0) is 4.74 Å². The molecule has 1 atom stereocenters. The summed E-state index contributed by atoms with van der Waals surface area (Å²) in [4.78, 5) is 0. The van der Waals surface area contributed by atoms with Crippen LogP contribution < -0.4 is 5.32 Å². The third-order valence-corrected chi connectivity index (χ3v) is 5.39. The largest absolute Gasteiger partial charge is 0.371 e. The zero-order chi connectivity index (χ0) is 15.1. The van der Waals surface area contributed by atoms with E-state index in [2.05, 4.69) is 26.1 Å². The van der Waals surface area contributed by atoms with Crippen molar-refractivity contribution in [2.45, 2.75) is 109 Å². The number of nitrogens with one attached hydrogen (secondary N) is 1. The Labute approximate surface area is 132 Å². The summed E-state index contributed by atoms with van der Waals surface area (Å²) in [6.45, 7) is 8.06. The van der Waals surface area contributed by atoms with E-state index in [0.717, 1.165) is 18.5 Å². The molecular weight excluding hydrogens is 258 g/mol. The van der Waals surface area contributed by atoms with Gasteiger partial charge in [-0.1, -0.05) is 39.5 Å². The topological polar surface area (TPSA) is 21.3 Å². The quantitative estimate of drug-likeness (QED) is 0.569. The molecule has 124 valence electrons.